The predicted octanol–water partition coefficient (Wildman–Crippen LogP) is -2.35. The number of likely N-dealkylation sites (N-methyl/N-ethyl adjacent to an activating group) is 3. The number of aliphatic hydroxyl groups is 4. The SMILES string of the molecule is CC[C@H]1O[C@@H](n2cc(C)c(=O)[nH]c2=O)[C@@H](O[C@@H](C)C(=O)NC)C1O.CC[C@H]1O[C@@H](n2cc(C)c(=O)[nH]c2=O)[C@@H](O[C@H](C)C(=O)NC)C1O.CC[C@H]1O[C@@H]2[C@H](Oc3nc(=O)c(C)cn32)C1O.CNC(=O)C(C)O.[HH].[HH]. The molecule has 15 atom stereocenters. The zero-order valence-corrected chi connectivity index (χ0v) is 42.3. The van der Waals surface area contributed by atoms with E-state index in [0.717, 1.165) is 6.42 Å². The van der Waals surface area contributed by atoms with E-state index in [1.165, 1.54) is 49.6 Å². The fourth-order valence-corrected chi connectivity index (χ4v) is 7.96. The Morgan fingerprint density at radius 2 is 1.01 bits per heavy atom. The summed E-state index contributed by atoms with van der Waals surface area (Å²) < 4.78 is 38.1. The van der Waals surface area contributed by atoms with Crippen molar-refractivity contribution in [1.29, 1.82) is 0 Å². The number of carbonyl (C=O) groups is 3. The van der Waals surface area contributed by atoms with Crippen molar-refractivity contribution in [2.45, 2.75) is 174 Å². The lowest BCUT2D eigenvalue weighted by molar-refractivity contribution is -0.144. The lowest BCUT2D eigenvalue weighted by Gasteiger charge is -2.25. The molecule has 7 heterocycles. The molecule has 0 bridgehead atoms. The van der Waals surface area contributed by atoms with Gasteiger partial charge >= 0.3 is 17.4 Å². The number of hydrogen-bond acceptors (Lipinski definition) is 19. The number of nitrogens with one attached hydrogen (secondary N) is 5. The third-order valence-electron chi connectivity index (χ3n) is 12.2. The molecule has 7 rings (SSSR count). The summed E-state index contributed by atoms with van der Waals surface area (Å²) in [5, 5.41) is 46.5. The molecule has 4 unspecified atom stereocenters. The number of fused-ring (bicyclic) bond motifs is 3. The van der Waals surface area contributed by atoms with Crippen LogP contribution in [0.4, 0.5) is 0 Å². The normalized spacial score (nSPS) is 27.9. The van der Waals surface area contributed by atoms with Crippen LogP contribution in [0, 0.1) is 20.8 Å². The second kappa shape index (κ2) is 25.7. The molecule has 0 aromatic carbocycles. The highest BCUT2D eigenvalue weighted by molar-refractivity contribution is 5.80. The Morgan fingerprint density at radius 3 is 1.38 bits per heavy atom. The Kier molecular flexibility index (Phi) is 20.9. The number of carbonyl (C=O) groups excluding carboxylic acids is 3. The average Bonchev–Trinajstić information content (AvgIpc) is 4.06. The van der Waals surface area contributed by atoms with Gasteiger partial charge in [-0.15, -0.1) is 0 Å². The lowest BCUT2D eigenvalue weighted by Crippen LogP contribution is -2.43. The van der Waals surface area contributed by atoms with Gasteiger partial charge in [-0.25, -0.2) is 9.59 Å². The molecule has 72 heavy (non-hydrogen) atoms. The van der Waals surface area contributed by atoms with Crippen LogP contribution in [-0.4, -0.2) is 161 Å². The molecule has 3 saturated heterocycles. The molecule has 3 fully saturated rings. The molecule has 406 valence electrons. The van der Waals surface area contributed by atoms with Gasteiger partial charge in [0.2, 0.25) is 17.7 Å². The van der Waals surface area contributed by atoms with E-state index in [1.54, 1.807) is 45.4 Å². The second-order valence-corrected chi connectivity index (χ2v) is 17.4. The van der Waals surface area contributed by atoms with Gasteiger partial charge < -0.3 is 64.8 Å². The minimum absolute atomic E-state index is 0. The summed E-state index contributed by atoms with van der Waals surface area (Å²) in [5.41, 5.74) is -1.43. The first kappa shape index (κ1) is 58.7. The number of rotatable bonds is 12. The smallest absolute Gasteiger partial charge is 0.330 e. The fourth-order valence-electron chi connectivity index (χ4n) is 7.96. The van der Waals surface area contributed by atoms with E-state index in [9.17, 15) is 53.7 Å². The van der Waals surface area contributed by atoms with Crippen LogP contribution in [0.25, 0.3) is 0 Å². The number of aliphatic hydroxyl groups excluding tert-OH is 4. The predicted molar refractivity (Wildman–Crippen MR) is 257 cm³/mol. The van der Waals surface area contributed by atoms with Crippen molar-refractivity contribution in [3.63, 3.8) is 0 Å². The Balaban J connectivity index is 0.000000356. The summed E-state index contributed by atoms with van der Waals surface area (Å²) in [6, 6.07) is 0.226. The zero-order chi connectivity index (χ0) is 54.0. The summed E-state index contributed by atoms with van der Waals surface area (Å²) in [4.78, 5) is 100. The zero-order valence-electron chi connectivity index (χ0n) is 42.3. The minimum Gasteiger partial charge on any atom is -0.453 e. The van der Waals surface area contributed by atoms with Crippen molar-refractivity contribution < 1.29 is 66.1 Å². The molecule has 27 nitrogen and oxygen atoms in total. The number of hydrogen-bond donors (Lipinski definition) is 9. The van der Waals surface area contributed by atoms with Crippen molar-refractivity contribution in [3.8, 4) is 6.01 Å². The molecular weight excluding hydrogens is 955 g/mol. The highest BCUT2D eigenvalue weighted by Crippen LogP contribution is 2.40. The summed E-state index contributed by atoms with van der Waals surface area (Å²) in [6.07, 6.45) is -5.04. The summed E-state index contributed by atoms with van der Waals surface area (Å²) >= 11 is 0. The van der Waals surface area contributed by atoms with E-state index < -0.39 is 102 Å². The average molecular weight is 1030 g/mol. The van der Waals surface area contributed by atoms with E-state index in [1.807, 2.05) is 20.8 Å². The standard InChI is InChI=1S/2C15H23N3O6.C11H14N2O4.C4H9NO2.2H2/c2*1-5-9-10(19)11(23-8(3)13(21)16-4)14(24-9)18-6-7(2)12(20)17-15(18)22;1-3-6-7(14)8-10(16-6)13-4-5(2)9(15)12-11(13)17-8;1-3(6)4(7)5-2;;/h2*6,8-11,14,19H,5H2,1-4H3,(H,16,21)(H,17,20,22);4,6-8,10,14H,3H2,1-2H3;3,6H,1-2H3,(H,5,7);2*1H/t8-,9+,10?,11-,14+;8-,9-,10?,11+,14-;6-,7?,8-,10-;;;/m011.../s1. The van der Waals surface area contributed by atoms with Crippen molar-refractivity contribution in [2.75, 3.05) is 21.1 Å². The number of aromatic amines is 2. The lowest BCUT2D eigenvalue weighted by atomic mass is 10.1. The molecule has 3 amide bonds. The Labute approximate surface area is 415 Å². The van der Waals surface area contributed by atoms with Gasteiger partial charge in [-0.3, -0.25) is 52.4 Å². The fraction of sp³-hybridized carbons (Fsp3) is 0.667. The van der Waals surface area contributed by atoms with Crippen molar-refractivity contribution in [1.82, 2.24) is 44.6 Å². The van der Waals surface area contributed by atoms with Crippen LogP contribution < -0.4 is 48.7 Å². The Hall–Kier alpha value is -5.91. The van der Waals surface area contributed by atoms with Crippen molar-refractivity contribution in [3.05, 3.63) is 87.3 Å². The van der Waals surface area contributed by atoms with E-state index >= 15 is 0 Å². The topological polar surface area (TPSA) is 368 Å². The first-order chi connectivity index (χ1) is 33.9. The molecule has 4 aliphatic rings. The van der Waals surface area contributed by atoms with Crippen LogP contribution in [0.5, 0.6) is 6.01 Å². The highest BCUT2D eigenvalue weighted by atomic mass is 16.6. The Morgan fingerprint density at radius 1 is 0.639 bits per heavy atom. The van der Waals surface area contributed by atoms with Gasteiger partial charge in [0.1, 0.15) is 48.8 Å². The maximum Gasteiger partial charge on any atom is 0.330 e. The molecule has 3 aromatic heterocycles. The van der Waals surface area contributed by atoms with Gasteiger partial charge in [-0.05, 0) is 60.8 Å². The quantitative estimate of drug-likeness (QED) is 0.0917. The molecule has 3 aromatic rings. The minimum atomic E-state index is -1.01. The first-order valence-corrected chi connectivity index (χ1v) is 23.4. The summed E-state index contributed by atoms with van der Waals surface area (Å²) in [5.74, 6) is -1.06. The molecule has 0 spiro atoms. The van der Waals surface area contributed by atoms with Gasteiger partial charge in [0, 0.05) is 59.3 Å². The van der Waals surface area contributed by atoms with E-state index in [-0.39, 0.29) is 44.5 Å². The van der Waals surface area contributed by atoms with Crippen LogP contribution in [0.15, 0.2) is 42.6 Å². The van der Waals surface area contributed by atoms with Gasteiger partial charge in [-0.1, -0.05) is 20.8 Å². The molecule has 27 heteroatoms. The maximum absolute atomic E-state index is 12.1. The number of amides is 3. The maximum atomic E-state index is 12.1. The van der Waals surface area contributed by atoms with E-state index in [2.05, 4.69) is 30.9 Å². The molecule has 0 aliphatic carbocycles. The van der Waals surface area contributed by atoms with Crippen LogP contribution in [-0.2, 0) is 38.1 Å². The number of H-pyrrole nitrogens is 2. The van der Waals surface area contributed by atoms with Crippen LogP contribution >= 0.6 is 0 Å². The molecule has 0 radical (unpaired) electrons. The van der Waals surface area contributed by atoms with Crippen LogP contribution in [0.1, 0.15) is 99.0 Å². The molecule has 0 saturated carbocycles. The van der Waals surface area contributed by atoms with Crippen LogP contribution in [0.2, 0.25) is 0 Å². The Bertz CT molecular complexity index is 2540. The van der Waals surface area contributed by atoms with Gasteiger partial charge in [0.25, 0.3) is 16.7 Å². The molecule has 9 N–H and O–H groups in total. The summed E-state index contributed by atoms with van der Waals surface area (Å²) in [7, 11) is 4.44. The third-order valence-corrected chi connectivity index (χ3v) is 12.2. The first-order valence-electron chi connectivity index (χ1n) is 23.4. The summed E-state index contributed by atoms with van der Waals surface area (Å²) in [6.45, 7) is 14.9. The number of ether oxygens (including phenoxy) is 6. The second-order valence-electron chi connectivity index (χ2n) is 17.4. The van der Waals surface area contributed by atoms with Crippen molar-refractivity contribution in [2.24, 2.45) is 0 Å². The molecule has 4 aliphatic heterocycles. The van der Waals surface area contributed by atoms with Gasteiger partial charge in [0.05, 0.1) is 18.3 Å². The van der Waals surface area contributed by atoms with Gasteiger partial charge in [0.15, 0.2) is 24.8 Å². The monoisotopic (exact) mass is 1030 g/mol. The largest absolute Gasteiger partial charge is 0.453 e. The van der Waals surface area contributed by atoms with Crippen molar-refractivity contribution >= 4 is 17.7 Å². The number of nitrogens with zero attached hydrogens (tertiary/aromatic N) is 4. The van der Waals surface area contributed by atoms with E-state index in [4.69, 9.17) is 33.5 Å². The highest BCUT2D eigenvalue weighted by Gasteiger charge is 2.51. The third kappa shape index (κ3) is 13.4. The van der Waals surface area contributed by atoms with Gasteiger partial charge in [-0.2, -0.15) is 4.98 Å². The van der Waals surface area contributed by atoms with E-state index in [0.29, 0.717) is 29.5 Å². The number of aryl methyl sites for hydroxylation is 3. The van der Waals surface area contributed by atoms with Crippen LogP contribution in [0.3, 0.4) is 0 Å². The molecular formula is C45H73N9O18. The number of aromatic nitrogens is 6.